The van der Waals surface area contributed by atoms with E-state index in [0.717, 1.165) is 28.3 Å². The number of aromatic nitrogens is 4. The second-order valence-electron chi connectivity index (χ2n) is 9.94. The zero-order chi connectivity index (χ0) is 26.9. The van der Waals surface area contributed by atoms with Gasteiger partial charge in [-0.3, -0.25) is 5.32 Å². The quantitative estimate of drug-likeness (QED) is 0.377. The van der Waals surface area contributed by atoms with E-state index in [9.17, 15) is 4.79 Å². The Morgan fingerprint density at radius 1 is 1.11 bits per heavy atom. The Labute approximate surface area is 216 Å². The zero-order valence-corrected chi connectivity index (χ0v) is 22.3. The highest BCUT2D eigenvalue weighted by Gasteiger charge is 2.20. The van der Waals surface area contributed by atoms with Crippen LogP contribution in [-0.4, -0.2) is 45.6 Å². The molecule has 3 N–H and O–H groups in total. The van der Waals surface area contributed by atoms with E-state index in [0.29, 0.717) is 35.0 Å². The lowest BCUT2D eigenvalue weighted by molar-refractivity contribution is 0.0636. The van der Waals surface area contributed by atoms with E-state index >= 15 is 0 Å². The van der Waals surface area contributed by atoms with Crippen LogP contribution in [-0.2, 0) is 11.3 Å². The number of amides is 1. The number of nitrogen functional groups attached to an aromatic ring is 1. The molecule has 10 heteroatoms. The highest BCUT2D eigenvalue weighted by atomic mass is 16.6. The van der Waals surface area contributed by atoms with Gasteiger partial charge in [0.15, 0.2) is 5.82 Å². The van der Waals surface area contributed by atoms with Gasteiger partial charge >= 0.3 is 6.09 Å². The molecule has 0 fully saturated rings. The fourth-order valence-corrected chi connectivity index (χ4v) is 3.98. The minimum atomic E-state index is -0.580. The maximum atomic E-state index is 12.2. The van der Waals surface area contributed by atoms with Crippen molar-refractivity contribution in [3.8, 4) is 11.4 Å². The number of fused-ring (bicyclic) bond motifs is 1. The minimum absolute atomic E-state index is 0.331. The predicted octanol–water partition coefficient (Wildman–Crippen LogP) is 5.01. The van der Waals surface area contributed by atoms with Gasteiger partial charge in [0.1, 0.15) is 22.4 Å². The first-order valence-corrected chi connectivity index (χ1v) is 11.9. The Hall–Kier alpha value is -4.34. The Balaban J connectivity index is 1.62. The maximum absolute atomic E-state index is 12.2. The summed E-state index contributed by atoms with van der Waals surface area (Å²) in [6.07, 6.45) is -0.510. The Bertz CT molecular complexity index is 1440. The van der Waals surface area contributed by atoms with Crippen LogP contribution in [0.15, 0.2) is 42.5 Å². The summed E-state index contributed by atoms with van der Waals surface area (Å²) < 4.78 is 12.3. The van der Waals surface area contributed by atoms with Gasteiger partial charge in [0.25, 0.3) is 0 Å². The molecule has 2 heterocycles. The summed E-state index contributed by atoms with van der Waals surface area (Å²) in [6, 6.07) is 13.4. The number of nitrogens with zero attached hydrogens (tertiary/aromatic N) is 5. The van der Waals surface area contributed by atoms with Crippen LogP contribution in [0.1, 0.15) is 37.6 Å². The average Bonchev–Trinajstić information content (AvgIpc) is 3.15. The van der Waals surface area contributed by atoms with Gasteiger partial charge in [-0.2, -0.15) is 10.1 Å². The first-order chi connectivity index (χ1) is 17.4. The normalized spacial score (nSPS) is 11.4. The molecule has 0 aliphatic carbocycles. The van der Waals surface area contributed by atoms with E-state index in [4.69, 9.17) is 25.3 Å². The molecule has 2 aromatic carbocycles. The molecule has 0 saturated heterocycles. The van der Waals surface area contributed by atoms with Gasteiger partial charge in [-0.05, 0) is 76.1 Å². The Morgan fingerprint density at radius 3 is 2.43 bits per heavy atom. The molecule has 4 rings (SSSR count). The van der Waals surface area contributed by atoms with E-state index in [1.165, 1.54) is 0 Å². The molecule has 2 aromatic heterocycles. The van der Waals surface area contributed by atoms with Gasteiger partial charge in [-0.25, -0.2) is 14.5 Å². The van der Waals surface area contributed by atoms with Crippen LogP contribution in [0.4, 0.5) is 22.2 Å². The third-order valence-electron chi connectivity index (χ3n) is 5.69. The van der Waals surface area contributed by atoms with Crippen molar-refractivity contribution >= 4 is 34.6 Å². The number of carbonyl (C=O) groups is 1. The Kier molecular flexibility index (Phi) is 6.93. The van der Waals surface area contributed by atoms with E-state index in [1.807, 2.05) is 83.0 Å². The summed E-state index contributed by atoms with van der Waals surface area (Å²) in [5, 5.41) is 7.48. The number of ether oxygens (including phenoxy) is 2. The number of anilines is 3. The molecular formula is C27H33N7O3. The van der Waals surface area contributed by atoms with Crippen LogP contribution < -0.4 is 20.7 Å². The highest BCUT2D eigenvalue weighted by Crippen LogP contribution is 2.29. The SMILES string of the molecule is COc1ccc(CN(C)c2nc(N)c3c(n2)c(C)nn3-c2ccc(NC(=O)OC(C)(C)C)cc2C)cc1. The predicted molar refractivity (Wildman–Crippen MR) is 146 cm³/mol. The van der Waals surface area contributed by atoms with E-state index < -0.39 is 11.7 Å². The summed E-state index contributed by atoms with van der Waals surface area (Å²) in [7, 11) is 3.57. The number of nitrogens with two attached hydrogens (primary N) is 1. The van der Waals surface area contributed by atoms with Crippen molar-refractivity contribution in [2.75, 3.05) is 30.1 Å². The molecule has 0 spiro atoms. The molecule has 37 heavy (non-hydrogen) atoms. The van der Waals surface area contributed by atoms with Crippen molar-refractivity contribution in [1.82, 2.24) is 19.7 Å². The standard InChI is InChI=1S/C27H33N7O3/c1-16-14-19(29-26(35)37-27(3,4)5)10-13-21(16)34-23-22(17(2)32-34)30-25(31-24(23)28)33(6)15-18-8-11-20(36-7)12-9-18/h8-14H,15H2,1-7H3,(H,29,35)(H2,28,30,31). The molecule has 10 nitrogen and oxygen atoms in total. The second-order valence-corrected chi connectivity index (χ2v) is 9.94. The summed E-state index contributed by atoms with van der Waals surface area (Å²) >= 11 is 0. The van der Waals surface area contributed by atoms with Gasteiger partial charge in [0.2, 0.25) is 5.95 Å². The number of hydrogen-bond donors (Lipinski definition) is 2. The van der Waals surface area contributed by atoms with Crippen LogP contribution >= 0.6 is 0 Å². The average molecular weight is 504 g/mol. The van der Waals surface area contributed by atoms with Crippen molar-refractivity contribution in [2.45, 2.75) is 46.8 Å². The van der Waals surface area contributed by atoms with Gasteiger partial charge in [0.05, 0.1) is 18.5 Å². The third-order valence-corrected chi connectivity index (χ3v) is 5.69. The summed E-state index contributed by atoms with van der Waals surface area (Å²) in [4.78, 5) is 23.5. The molecule has 0 unspecified atom stereocenters. The van der Waals surface area contributed by atoms with E-state index in [1.54, 1.807) is 17.9 Å². The fourth-order valence-electron chi connectivity index (χ4n) is 3.98. The smallest absolute Gasteiger partial charge is 0.412 e. The van der Waals surface area contributed by atoms with Crippen molar-refractivity contribution in [1.29, 1.82) is 0 Å². The molecule has 0 bridgehead atoms. The van der Waals surface area contributed by atoms with Gasteiger partial charge in [-0.1, -0.05) is 12.1 Å². The monoisotopic (exact) mass is 503 g/mol. The molecule has 0 atom stereocenters. The fraction of sp³-hybridized carbons (Fsp3) is 0.333. The first kappa shape index (κ1) is 25.7. The summed E-state index contributed by atoms with van der Waals surface area (Å²) in [5.41, 5.74) is 11.3. The molecule has 0 aliphatic rings. The largest absolute Gasteiger partial charge is 0.497 e. The Morgan fingerprint density at radius 2 is 1.81 bits per heavy atom. The lowest BCUT2D eigenvalue weighted by Crippen LogP contribution is -2.27. The summed E-state index contributed by atoms with van der Waals surface area (Å²) in [5.74, 6) is 1.65. The van der Waals surface area contributed by atoms with Gasteiger partial charge in [0, 0.05) is 19.3 Å². The van der Waals surface area contributed by atoms with Gasteiger partial charge < -0.3 is 20.1 Å². The minimum Gasteiger partial charge on any atom is -0.497 e. The van der Waals surface area contributed by atoms with E-state index in [-0.39, 0.29) is 0 Å². The number of nitrogens with one attached hydrogen (secondary N) is 1. The van der Waals surface area contributed by atoms with Crippen molar-refractivity contribution in [2.24, 2.45) is 0 Å². The number of benzene rings is 2. The molecule has 0 aliphatic heterocycles. The van der Waals surface area contributed by atoms with Crippen molar-refractivity contribution < 1.29 is 14.3 Å². The summed E-state index contributed by atoms with van der Waals surface area (Å²) in [6.45, 7) is 9.90. The van der Waals surface area contributed by atoms with Gasteiger partial charge in [-0.15, -0.1) is 0 Å². The molecule has 194 valence electrons. The van der Waals surface area contributed by atoms with Crippen LogP contribution in [0.25, 0.3) is 16.7 Å². The second kappa shape index (κ2) is 9.96. The number of hydrogen-bond acceptors (Lipinski definition) is 8. The topological polar surface area (TPSA) is 120 Å². The lowest BCUT2D eigenvalue weighted by Gasteiger charge is -2.20. The third kappa shape index (κ3) is 5.74. The van der Waals surface area contributed by atoms with Crippen molar-refractivity contribution in [3.63, 3.8) is 0 Å². The first-order valence-electron chi connectivity index (χ1n) is 11.9. The number of carbonyl (C=O) groups excluding carboxylic acids is 1. The highest BCUT2D eigenvalue weighted by molar-refractivity contribution is 5.90. The molecule has 1 amide bonds. The van der Waals surface area contributed by atoms with Crippen LogP contribution in [0.3, 0.4) is 0 Å². The molecule has 0 saturated carbocycles. The van der Waals surface area contributed by atoms with Crippen LogP contribution in [0.5, 0.6) is 5.75 Å². The maximum Gasteiger partial charge on any atom is 0.412 e. The van der Waals surface area contributed by atoms with Crippen molar-refractivity contribution in [3.05, 3.63) is 59.3 Å². The number of aryl methyl sites for hydroxylation is 2. The van der Waals surface area contributed by atoms with Crippen LogP contribution in [0, 0.1) is 13.8 Å². The number of methoxy groups -OCH3 is 1. The molecule has 0 radical (unpaired) electrons. The molecule has 4 aromatic rings. The van der Waals surface area contributed by atoms with E-state index in [2.05, 4.69) is 10.3 Å². The number of rotatable bonds is 6. The van der Waals surface area contributed by atoms with Crippen LogP contribution in [0.2, 0.25) is 0 Å². The lowest BCUT2D eigenvalue weighted by atomic mass is 10.1. The zero-order valence-electron chi connectivity index (χ0n) is 22.3. The molecular weight excluding hydrogens is 470 g/mol.